The summed E-state index contributed by atoms with van der Waals surface area (Å²) in [5, 5.41) is 78.9. The van der Waals surface area contributed by atoms with Gasteiger partial charge in [0.05, 0.1) is 106 Å². The van der Waals surface area contributed by atoms with Crippen molar-refractivity contribution in [3.05, 3.63) is 190 Å². The Morgan fingerprint density at radius 2 is 0.450 bits per heavy atom. The number of hydrogen-bond donors (Lipinski definition) is 8. The summed E-state index contributed by atoms with van der Waals surface area (Å²) in [6.07, 6.45) is 3.75. The largest absolute Gasteiger partial charge is 0.508 e. The van der Waals surface area contributed by atoms with Crippen LogP contribution in [-0.2, 0) is 44.6 Å². The maximum Gasteiger partial charge on any atom is 0.338 e. The van der Waals surface area contributed by atoms with Crippen LogP contribution in [0, 0.1) is 23.7 Å². The monoisotopic (exact) mass is 1380 g/mol. The highest BCUT2D eigenvalue weighted by Gasteiger charge is 2.29. The van der Waals surface area contributed by atoms with Gasteiger partial charge >= 0.3 is 23.9 Å². The van der Waals surface area contributed by atoms with E-state index < -0.39 is 23.9 Å². The van der Waals surface area contributed by atoms with E-state index in [2.05, 4.69) is 0 Å². The van der Waals surface area contributed by atoms with Gasteiger partial charge in [-0.15, -0.1) is 0 Å². The average molecular weight is 1380 g/mol. The van der Waals surface area contributed by atoms with Gasteiger partial charge in [-0.2, -0.15) is 0 Å². The van der Waals surface area contributed by atoms with E-state index in [4.69, 9.17) is 56.8 Å². The van der Waals surface area contributed by atoms with Crippen LogP contribution in [0.4, 0.5) is 0 Å². The van der Waals surface area contributed by atoms with Crippen molar-refractivity contribution in [2.75, 3.05) is 83.3 Å². The summed E-state index contributed by atoms with van der Waals surface area (Å²) in [5.74, 6) is -1.23. The highest BCUT2D eigenvalue weighted by atomic mass is 16.5. The Labute approximate surface area is 578 Å². The molecular weight excluding hydrogens is 1300 g/mol. The zero-order valence-electron chi connectivity index (χ0n) is 56.8. The van der Waals surface area contributed by atoms with Crippen molar-refractivity contribution in [2.24, 2.45) is 23.7 Å². The molecule has 0 fully saturated rings. The lowest BCUT2D eigenvalue weighted by molar-refractivity contribution is 0.0358. The lowest BCUT2D eigenvalue weighted by Gasteiger charge is -2.28. The third kappa shape index (κ3) is 23.3. The molecule has 0 spiro atoms. The molecular formula is C76H84O24. The van der Waals surface area contributed by atoms with Crippen molar-refractivity contribution in [1.29, 1.82) is 0 Å². The van der Waals surface area contributed by atoms with Crippen molar-refractivity contribution in [2.45, 2.75) is 51.4 Å². The van der Waals surface area contributed by atoms with Crippen molar-refractivity contribution >= 4 is 23.9 Å². The maximum atomic E-state index is 13.2. The molecule has 0 aliphatic heterocycles. The summed E-state index contributed by atoms with van der Waals surface area (Å²) in [6, 6.07) is 36.3. The van der Waals surface area contributed by atoms with Crippen LogP contribution in [0.3, 0.4) is 0 Å². The van der Waals surface area contributed by atoms with E-state index in [1.807, 2.05) is 48.5 Å². The molecule has 0 saturated heterocycles. The number of esters is 4. The SMILES string of the molecule is COc1cc(C[C@@H](CCCOC(=O)c2cc(O)cc(O)c2)[C@H](COC(=O)c2cc(O)cc(O)c2)Cc2cc(OC)cc(OC)c2)cc(OC)c1.COc1cc(C[C@H](CCCOC(=O)c2cc(O)cc(O)c2)[C@@H](COC(=O)c2cc(O)cc(O)c2)Cc2cc(OC)cc(OC)c2)cc(OC)c1. The second-order valence-electron chi connectivity index (χ2n) is 23.4. The number of benzene rings is 8. The standard InChI is InChI=1S/2C38H42O12/c2*1-45-33-10-23(11-34(20-33)46-2)8-25(6-5-7-49-37(43)26-14-29(39)18-30(40)15-26)28(9-24-12-35(47-3)21-36(13-24)48-4)22-50-38(44)27-16-31(41)19-32(42)17-27/h2*10-21,25,28,39-42H,5-9,22H2,1-4H3/t2*25-,28+/m10/s1. The molecule has 0 aliphatic rings. The molecule has 0 unspecified atom stereocenters. The third-order valence-corrected chi connectivity index (χ3v) is 16.3. The van der Waals surface area contributed by atoms with Gasteiger partial charge in [-0.3, -0.25) is 0 Å². The molecule has 8 rings (SSSR count). The molecule has 0 bridgehead atoms. The number of hydrogen-bond acceptors (Lipinski definition) is 24. The van der Waals surface area contributed by atoms with Gasteiger partial charge in [-0.1, -0.05) is 0 Å². The van der Waals surface area contributed by atoms with Crippen LogP contribution in [-0.4, -0.2) is 148 Å². The fraction of sp³-hybridized carbons (Fsp3) is 0.316. The summed E-state index contributed by atoms with van der Waals surface area (Å²) < 4.78 is 66.6. The molecule has 0 radical (unpaired) electrons. The van der Waals surface area contributed by atoms with E-state index in [-0.39, 0.29) is 118 Å². The second-order valence-corrected chi connectivity index (χ2v) is 23.4. The van der Waals surface area contributed by atoms with Gasteiger partial charge in [-0.05, 0) is 183 Å². The number of carbonyl (C=O) groups is 4. The summed E-state index contributed by atoms with van der Waals surface area (Å²) in [6.45, 7) is -0.00368. The van der Waals surface area contributed by atoms with Gasteiger partial charge in [0.1, 0.15) is 92.0 Å². The van der Waals surface area contributed by atoms with Crippen LogP contribution in [0.2, 0.25) is 0 Å². The predicted octanol–water partition coefficient (Wildman–Crippen LogP) is 12.1. The Morgan fingerprint density at radius 3 is 0.650 bits per heavy atom. The summed E-state index contributed by atoms with van der Waals surface area (Å²) >= 11 is 0. The van der Waals surface area contributed by atoms with Crippen molar-refractivity contribution < 1.29 is 117 Å². The third-order valence-electron chi connectivity index (χ3n) is 16.3. The smallest absolute Gasteiger partial charge is 0.338 e. The zero-order chi connectivity index (χ0) is 72.4. The van der Waals surface area contributed by atoms with E-state index in [1.54, 1.807) is 81.1 Å². The summed E-state index contributed by atoms with van der Waals surface area (Å²) in [5.41, 5.74) is 3.52. The first-order chi connectivity index (χ1) is 48.0. The highest BCUT2D eigenvalue weighted by Crippen LogP contribution is 2.37. The number of aromatic hydroxyl groups is 8. The lowest BCUT2D eigenvalue weighted by Crippen LogP contribution is -2.27. The number of ether oxygens (including phenoxy) is 12. The fourth-order valence-electron chi connectivity index (χ4n) is 11.5. The quantitative estimate of drug-likeness (QED) is 0.0105. The summed E-state index contributed by atoms with van der Waals surface area (Å²) in [7, 11) is 12.5. The van der Waals surface area contributed by atoms with Crippen LogP contribution < -0.4 is 37.9 Å². The van der Waals surface area contributed by atoms with Crippen LogP contribution in [0.15, 0.2) is 146 Å². The van der Waals surface area contributed by atoms with E-state index in [0.29, 0.717) is 97.4 Å². The fourth-order valence-corrected chi connectivity index (χ4v) is 11.5. The van der Waals surface area contributed by atoms with Crippen LogP contribution in [0.5, 0.6) is 92.0 Å². The molecule has 24 heteroatoms. The molecule has 0 amide bonds. The molecule has 0 saturated carbocycles. The minimum atomic E-state index is -0.727. The first-order valence-corrected chi connectivity index (χ1v) is 31.7. The molecule has 100 heavy (non-hydrogen) atoms. The van der Waals surface area contributed by atoms with E-state index in [1.165, 1.54) is 48.5 Å². The van der Waals surface area contributed by atoms with Gasteiger partial charge in [0.2, 0.25) is 0 Å². The molecule has 4 atom stereocenters. The summed E-state index contributed by atoms with van der Waals surface area (Å²) in [4.78, 5) is 51.7. The molecule has 8 N–H and O–H groups in total. The highest BCUT2D eigenvalue weighted by molar-refractivity contribution is 5.92. The van der Waals surface area contributed by atoms with Gasteiger partial charge in [0.15, 0.2) is 0 Å². The number of phenolic OH excluding ortho intramolecular Hbond substituents is 8. The normalized spacial score (nSPS) is 12.0. The minimum Gasteiger partial charge on any atom is -0.508 e. The molecule has 8 aromatic rings. The number of phenols is 8. The number of rotatable bonds is 34. The van der Waals surface area contributed by atoms with Crippen LogP contribution in [0.1, 0.15) is 89.4 Å². The Balaban J connectivity index is 0.000000281. The molecule has 24 nitrogen and oxygen atoms in total. The van der Waals surface area contributed by atoms with Crippen LogP contribution in [0.25, 0.3) is 0 Å². The first-order valence-electron chi connectivity index (χ1n) is 31.7. The molecule has 532 valence electrons. The van der Waals surface area contributed by atoms with Crippen molar-refractivity contribution in [3.8, 4) is 92.0 Å². The molecule has 8 aromatic carbocycles. The molecule has 0 aliphatic carbocycles. The topological polar surface area (TPSA) is 341 Å². The average Bonchev–Trinajstić information content (AvgIpc) is 0.849. The molecule has 0 aromatic heterocycles. The van der Waals surface area contributed by atoms with Crippen molar-refractivity contribution in [3.63, 3.8) is 0 Å². The minimum absolute atomic E-state index is 0.0109. The number of methoxy groups -OCH3 is 8. The lowest BCUT2D eigenvalue weighted by atomic mass is 9.80. The Hall–Kier alpha value is -11.6. The van der Waals surface area contributed by atoms with Gasteiger partial charge in [0, 0.05) is 60.4 Å². The zero-order valence-corrected chi connectivity index (χ0v) is 56.8. The van der Waals surface area contributed by atoms with Gasteiger partial charge in [0.25, 0.3) is 0 Å². The molecule has 0 heterocycles. The maximum absolute atomic E-state index is 13.2. The van der Waals surface area contributed by atoms with E-state index in [9.17, 15) is 60.0 Å². The van der Waals surface area contributed by atoms with E-state index in [0.717, 1.165) is 46.5 Å². The Morgan fingerprint density at radius 1 is 0.260 bits per heavy atom. The van der Waals surface area contributed by atoms with E-state index >= 15 is 0 Å². The van der Waals surface area contributed by atoms with Gasteiger partial charge in [-0.25, -0.2) is 19.2 Å². The van der Waals surface area contributed by atoms with Crippen molar-refractivity contribution in [1.82, 2.24) is 0 Å². The predicted molar refractivity (Wildman–Crippen MR) is 366 cm³/mol. The van der Waals surface area contributed by atoms with Gasteiger partial charge < -0.3 is 97.7 Å². The number of carbonyl (C=O) groups excluding carboxylic acids is 4. The first kappa shape index (κ1) is 75.8. The second kappa shape index (κ2) is 37.2. The Bertz CT molecular complexity index is 3630. The van der Waals surface area contributed by atoms with Crippen LogP contribution >= 0.6 is 0 Å². The Kier molecular flexibility index (Phi) is 28.2.